The molecule has 0 aromatic heterocycles. The van der Waals surface area contributed by atoms with Gasteiger partial charge in [0.15, 0.2) is 0 Å². The molecule has 0 radical (unpaired) electrons. The number of primary amides is 1. The number of nitrogens with zero attached hydrogens (tertiary/aromatic N) is 1. The second-order valence-corrected chi connectivity index (χ2v) is 6.29. The number of carbonyl (C=O) groups is 2. The number of rotatable bonds is 3. The van der Waals surface area contributed by atoms with Crippen molar-refractivity contribution in [2.45, 2.75) is 19.9 Å². The van der Waals surface area contributed by atoms with Crippen LogP contribution in [-0.2, 0) is 13.0 Å². The van der Waals surface area contributed by atoms with Gasteiger partial charge in [-0.25, -0.2) is 0 Å². The van der Waals surface area contributed by atoms with Crippen molar-refractivity contribution in [3.63, 3.8) is 0 Å². The Bertz CT molecular complexity index is 814. The van der Waals surface area contributed by atoms with Crippen molar-refractivity contribution in [3.8, 4) is 0 Å². The number of benzene rings is 2. The van der Waals surface area contributed by atoms with Crippen molar-refractivity contribution in [1.29, 1.82) is 0 Å². The van der Waals surface area contributed by atoms with E-state index in [1.54, 1.807) is 25.1 Å². The molecule has 0 spiro atoms. The van der Waals surface area contributed by atoms with Crippen LogP contribution in [0.3, 0.4) is 0 Å². The standard InChI is InChI=1S/C19H21N3O2/c1-12-4-3-5-16(17(12)18(20)23)19(24)21-15-7-6-13-8-9-22(2)11-14(13)10-15/h3-7,10H,8-9,11H2,1-2H3,(H2,20,23)(H,21,24). The van der Waals surface area contributed by atoms with Gasteiger partial charge >= 0.3 is 0 Å². The molecule has 3 rings (SSSR count). The third-order valence-electron chi connectivity index (χ3n) is 4.43. The minimum Gasteiger partial charge on any atom is -0.366 e. The zero-order valence-electron chi connectivity index (χ0n) is 13.9. The van der Waals surface area contributed by atoms with Crippen molar-refractivity contribution in [3.05, 3.63) is 64.2 Å². The average Bonchev–Trinajstić information content (AvgIpc) is 2.53. The SMILES string of the molecule is Cc1cccc(C(=O)Nc2ccc3c(c2)CN(C)CC3)c1C(N)=O. The van der Waals surface area contributed by atoms with Crippen LogP contribution in [0, 0.1) is 6.92 Å². The van der Waals surface area contributed by atoms with Gasteiger partial charge in [-0.05, 0) is 55.3 Å². The van der Waals surface area contributed by atoms with E-state index < -0.39 is 5.91 Å². The smallest absolute Gasteiger partial charge is 0.256 e. The fourth-order valence-corrected chi connectivity index (χ4v) is 3.16. The number of nitrogens with one attached hydrogen (secondary N) is 1. The number of hydrogen-bond acceptors (Lipinski definition) is 3. The summed E-state index contributed by atoms with van der Waals surface area (Å²) in [6, 6.07) is 11.1. The van der Waals surface area contributed by atoms with Crippen molar-refractivity contribution in [2.75, 3.05) is 18.9 Å². The largest absolute Gasteiger partial charge is 0.366 e. The predicted molar refractivity (Wildman–Crippen MR) is 94.1 cm³/mol. The number of anilines is 1. The van der Waals surface area contributed by atoms with Gasteiger partial charge in [0.1, 0.15) is 0 Å². The first-order chi connectivity index (χ1) is 11.5. The zero-order valence-corrected chi connectivity index (χ0v) is 13.9. The van der Waals surface area contributed by atoms with Gasteiger partial charge in [0, 0.05) is 18.8 Å². The highest BCUT2D eigenvalue weighted by molar-refractivity contribution is 6.12. The van der Waals surface area contributed by atoms with Gasteiger partial charge in [0.25, 0.3) is 5.91 Å². The second kappa shape index (κ2) is 6.45. The Hall–Kier alpha value is -2.66. The van der Waals surface area contributed by atoms with Crippen LogP contribution >= 0.6 is 0 Å². The number of carbonyl (C=O) groups excluding carboxylic acids is 2. The Balaban J connectivity index is 1.87. The summed E-state index contributed by atoms with van der Waals surface area (Å²) in [5, 5.41) is 2.88. The minimum atomic E-state index is -0.592. The van der Waals surface area contributed by atoms with Crippen molar-refractivity contribution in [1.82, 2.24) is 4.90 Å². The van der Waals surface area contributed by atoms with Crippen LogP contribution in [0.1, 0.15) is 37.4 Å². The molecule has 1 heterocycles. The van der Waals surface area contributed by atoms with Crippen LogP contribution in [0.15, 0.2) is 36.4 Å². The molecule has 0 bridgehead atoms. The first-order valence-electron chi connectivity index (χ1n) is 7.97. The molecule has 2 aromatic rings. The molecule has 1 aliphatic heterocycles. The van der Waals surface area contributed by atoms with Gasteiger partial charge < -0.3 is 16.0 Å². The van der Waals surface area contributed by atoms with Gasteiger partial charge in [-0.1, -0.05) is 18.2 Å². The molecule has 2 amide bonds. The Morgan fingerprint density at radius 1 is 1.17 bits per heavy atom. The molecule has 0 atom stereocenters. The zero-order chi connectivity index (χ0) is 17.3. The first kappa shape index (κ1) is 16.2. The Morgan fingerprint density at radius 2 is 1.96 bits per heavy atom. The lowest BCUT2D eigenvalue weighted by Gasteiger charge is -2.25. The van der Waals surface area contributed by atoms with Crippen LogP contribution in [0.5, 0.6) is 0 Å². The van der Waals surface area contributed by atoms with Crippen LogP contribution in [-0.4, -0.2) is 30.3 Å². The summed E-state index contributed by atoms with van der Waals surface area (Å²) in [7, 11) is 2.08. The molecule has 0 fully saturated rings. The van der Waals surface area contributed by atoms with E-state index in [0.29, 0.717) is 11.1 Å². The minimum absolute atomic E-state index is 0.271. The van der Waals surface area contributed by atoms with E-state index in [4.69, 9.17) is 5.73 Å². The monoisotopic (exact) mass is 323 g/mol. The maximum atomic E-state index is 12.6. The number of amides is 2. The molecular weight excluding hydrogens is 302 g/mol. The van der Waals surface area contributed by atoms with E-state index >= 15 is 0 Å². The highest BCUT2D eigenvalue weighted by Crippen LogP contribution is 2.23. The summed E-state index contributed by atoms with van der Waals surface area (Å²) in [4.78, 5) is 26.5. The van der Waals surface area contributed by atoms with Crippen LogP contribution in [0.2, 0.25) is 0 Å². The number of hydrogen-bond donors (Lipinski definition) is 2. The summed E-state index contributed by atoms with van der Waals surface area (Å²) >= 11 is 0. The summed E-state index contributed by atoms with van der Waals surface area (Å²) in [6.45, 7) is 3.69. The van der Waals surface area contributed by atoms with E-state index in [-0.39, 0.29) is 11.5 Å². The third kappa shape index (κ3) is 3.16. The molecule has 3 N–H and O–H groups in total. The summed E-state index contributed by atoms with van der Waals surface area (Å²) in [5.74, 6) is -0.915. The summed E-state index contributed by atoms with van der Waals surface area (Å²) < 4.78 is 0. The normalized spacial score (nSPS) is 14.1. The molecule has 0 saturated carbocycles. The Morgan fingerprint density at radius 3 is 2.71 bits per heavy atom. The second-order valence-electron chi connectivity index (χ2n) is 6.29. The quantitative estimate of drug-likeness (QED) is 0.910. The lowest BCUT2D eigenvalue weighted by molar-refractivity contribution is 0.0976. The Kier molecular flexibility index (Phi) is 4.36. The summed E-state index contributed by atoms with van der Waals surface area (Å²) in [5.41, 5.74) is 9.97. The number of fused-ring (bicyclic) bond motifs is 1. The highest BCUT2D eigenvalue weighted by Gasteiger charge is 2.18. The van der Waals surface area contributed by atoms with Crippen molar-refractivity contribution < 1.29 is 9.59 Å². The van der Waals surface area contributed by atoms with Crippen molar-refractivity contribution >= 4 is 17.5 Å². The molecule has 124 valence electrons. The van der Waals surface area contributed by atoms with Gasteiger partial charge in [-0.2, -0.15) is 0 Å². The molecule has 0 unspecified atom stereocenters. The first-order valence-corrected chi connectivity index (χ1v) is 7.97. The molecule has 1 aliphatic rings. The lowest BCUT2D eigenvalue weighted by Crippen LogP contribution is -2.26. The lowest BCUT2D eigenvalue weighted by atomic mass is 9.98. The molecule has 24 heavy (non-hydrogen) atoms. The topological polar surface area (TPSA) is 75.4 Å². The van der Waals surface area contributed by atoms with E-state index in [1.807, 2.05) is 12.1 Å². The van der Waals surface area contributed by atoms with E-state index in [0.717, 1.165) is 25.2 Å². The average molecular weight is 323 g/mol. The van der Waals surface area contributed by atoms with Gasteiger partial charge in [0.05, 0.1) is 11.1 Å². The maximum absolute atomic E-state index is 12.6. The molecule has 2 aromatic carbocycles. The van der Waals surface area contributed by atoms with E-state index in [9.17, 15) is 9.59 Å². The van der Waals surface area contributed by atoms with E-state index in [2.05, 4.69) is 23.3 Å². The fourth-order valence-electron chi connectivity index (χ4n) is 3.16. The highest BCUT2D eigenvalue weighted by atomic mass is 16.2. The number of nitrogens with two attached hydrogens (primary N) is 1. The maximum Gasteiger partial charge on any atom is 0.256 e. The van der Waals surface area contributed by atoms with Gasteiger partial charge in [-0.15, -0.1) is 0 Å². The molecule has 0 aliphatic carbocycles. The number of aryl methyl sites for hydroxylation is 1. The number of likely N-dealkylation sites (N-methyl/N-ethyl adjacent to an activating group) is 1. The van der Waals surface area contributed by atoms with Crippen LogP contribution < -0.4 is 11.1 Å². The molecule has 0 saturated heterocycles. The fraction of sp³-hybridized carbons (Fsp3) is 0.263. The molecule has 5 heteroatoms. The third-order valence-corrected chi connectivity index (χ3v) is 4.43. The molecule has 5 nitrogen and oxygen atoms in total. The van der Waals surface area contributed by atoms with Crippen LogP contribution in [0.4, 0.5) is 5.69 Å². The predicted octanol–water partition coefficient (Wildman–Crippen LogP) is 2.33. The molecular formula is C19H21N3O2. The van der Waals surface area contributed by atoms with E-state index in [1.165, 1.54) is 11.1 Å². The van der Waals surface area contributed by atoms with Gasteiger partial charge in [-0.3, -0.25) is 9.59 Å². The Labute approximate surface area is 141 Å². The summed E-state index contributed by atoms with van der Waals surface area (Å²) in [6.07, 6.45) is 1.02. The van der Waals surface area contributed by atoms with Gasteiger partial charge in [0.2, 0.25) is 5.91 Å². The van der Waals surface area contributed by atoms with Crippen LogP contribution in [0.25, 0.3) is 0 Å². The van der Waals surface area contributed by atoms with Crippen molar-refractivity contribution in [2.24, 2.45) is 5.73 Å².